The fourth-order valence-corrected chi connectivity index (χ4v) is 4.33. The molecule has 0 spiro atoms. The minimum absolute atomic E-state index is 0.0281. The Morgan fingerprint density at radius 2 is 1.61 bits per heavy atom. The monoisotopic (exact) mass is 625 g/mol. The molecule has 0 aliphatic rings. The first kappa shape index (κ1) is 34.2. The molecule has 0 aromatic heterocycles. The zero-order valence-corrected chi connectivity index (χ0v) is 23.6. The van der Waals surface area contributed by atoms with Gasteiger partial charge in [0.15, 0.2) is 6.61 Å². The maximum atomic E-state index is 14.9. The second kappa shape index (κ2) is 14.8. The van der Waals surface area contributed by atoms with Crippen molar-refractivity contribution in [3.05, 3.63) is 64.1 Å². The summed E-state index contributed by atoms with van der Waals surface area (Å²) >= 11 is 11.8. The van der Waals surface area contributed by atoms with E-state index in [0.717, 1.165) is 0 Å². The Balaban J connectivity index is 2.24. The van der Waals surface area contributed by atoms with E-state index in [9.17, 15) is 36.3 Å². The first-order valence-electron chi connectivity index (χ1n) is 12.5. The highest BCUT2D eigenvalue weighted by atomic mass is 35.5. The zero-order chi connectivity index (χ0) is 31.0. The fraction of sp³-hybridized carbons (Fsp3) is 0.444. The standard InChI is InChI=1S/C27H30Cl2F5N3O4/c1-15(2)22(24(39)27(33,34)25(40)36-11-10-26(30,31)32)23(35)20(12-16-6-4-3-5-7-16)37-21(38)14-41-17-8-9-18(28)19(29)13-17/h3-9,13,15,20,22-23H,10-12,14,35H2,1-2H3,(H,36,40)(H,37,38)/t20-,22-,23?/m0/s1. The highest BCUT2D eigenvalue weighted by Crippen LogP contribution is 2.29. The molecule has 0 aliphatic heterocycles. The van der Waals surface area contributed by atoms with Gasteiger partial charge in [0, 0.05) is 30.6 Å². The van der Waals surface area contributed by atoms with Crippen LogP contribution >= 0.6 is 23.2 Å². The van der Waals surface area contributed by atoms with Crippen LogP contribution in [-0.4, -0.2) is 54.9 Å². The maximum absolute atomic E-state index is 14.9. The van der Waals surface area contributed by atoms with Gasteiger partial charge in [0.25, 0.3) is 11.8 Å². The Labute approximate surface area is 243 Å². The molecule has 14 heteroatoms. The van der Waals surface area contributed by atoms with Crippen LogP contribution in [0.25, 0.3) is 0 Å². The summed E-state index contributed by atoms with van der Waals surface area (Å²) in [5.41, 5.74) is 6.99. The third-order valence-corrected chi connectivity index (χ3v) is 6.83. The summed E-state index contributed by atoms with van der Waals surface area (Å²) in [6.07, 6.45) is -6.21. The van der Waals surface area contributed by atoms with E-state index in [-0.39, 0.29) is 22.2 Å². The number of hydrogen-bond acceptors (Lipinski definition) is 5. The molecule has 0 saturated carbocycles. The molecule has 2 aromatic rings. The van der Waals surface area contributed by atoms with E-state index in [1.54, 1.807) is 30.3 Å². The van der Waals surface area contributed by atoms with Crippen LogP contribution < -0.4 is 21.1 Å². The number of amides is 2. The number of nitrogens with two attached hydrogens (primary N) is 1. The van der Waals surface area contributed by atoms with Crippen LogP contribution in [0.4, 0.5) is 22.0 Å². The number of rotatable bonds is 14. The van der Waals surface area contributed by atoms with E-state index in [2.05, 4.69) is 5.32 Å². The van der Waals surface area contributed by atoms with Crippen LogP contribution in [0.3, 0.4) is 0 Å². The molecule has 0 heterocycles. The Morgan fingerprint density at radius 1 is 0.976 bits per heavy atom. The van der Waals surface area contributed by atoms with Crippen molar-refractivity contribution in [1.82, 2.24) is 10.6 Å². The number of hydrogen-bond donors (Lipinski definition) is 3. The van der Waals surface area contributed by atoms with Crippen LogP contribution in [-0.2, 0) is 20.8 Å². The molecule has 0 bridgehead atoms. The molecule has 2 aromatic carbocycles. The lowest BCUT2D eigenvalue weighted by molar-refractivity contribution is -0.163. The van der Waals surface area contributed by atoms with Gasteiger partial charge < -0.3 is 21.1 Å². The first-order chi connectivity index (χ1) is 19.0. The van der Waals surface area contributed by atoms with Gasteiger partial charge in [-0.2, -0.15) is 22.0 Å². The summed E-state index contributed by atoms with van der Waals surface area (Å²) in [5, 5.41) is 4.53. The molecule has 2 rings (SSSR count). The van der Waals surface area contributed by atoms with Gasteiger partial charge in [-0.3, -0.25) is 14.4 Å². The number of ketones is 1. The second-order valence-corrected chi connectivity index (χ2v) is 10.4. The lowest BCUT2D eigenvalue weighted by atomic mass is 9.78. The Morgan fingerprint density at radius 3 is 2.17 bits per heavy atom. The third kappa shape index (κ3) is 10.4. The van der Waals surface area contributed by atoms with Crippen LogP contribution in [0.1, 0.15) is 25.8 Å². The van der Waals surface area contributed by atoms with E-state index in [0.29, 0.717) is 5.56 Å². The maximum Gasteiger partial charge on any atom is 0.390 e. The van der Waals surface area contributed by atoms with Crippen molar-refractivity contribution in [3.63, 3.8) is 0 Å². The fourth-order valence-electron chi connectivity index (χ4n) is 4.04. The molecule has 4 N–H and O–H groups in total. The van der Waals surface area contributed by atoms with Crippen molar-refractivity contribution in [3.8, 4) is 5.75 Å². The molecule has 7 nitrogen and oxygen atoms in total. The van der Waals surface area contributed by atoms with Crippen molar-refractivity contribution < 1.29 is 41.1 Å². The minimum atomic E-state index is -4.69. The smallest absolute Gasteiger partial charge is 0.390 e. The zero-order valence-electron chi connectivity index (χ0n) is 22.1. The Kier molecular flexibility index (Phi) is 12.3. The van der Waals surface area contributed by atoms with Gasteiger partial charge in [-0.25, -0.2) is 0 Å². The van der Waals surface area contributed by atoms with Crippen molar-refractivity contribution >= 4 is 40.8 Å². The summed E-state index contributed by atoms with van der Waals surface area (Å²) < 4.78 is 72.4. The largest absolute Gasteiger partial charge is 0.484 e. The molecule has 0 aliphatic carbocycles. The van der Waals surface area contributed by atoms with Crippen LogP contribution in [0, 0.1) is 11.8 Å². The molecule has 3 atom stereocenters. The van der Waals surface area contributed by atoms with Gasteiger partial charge in [0.1, 0.15) is 5.75 Å². The van der Waals surface area contributed by atoms with E-state index in [1.807, 2.05) is 0 Å². The number of carbonyl (C=O) groups is 3. The molecular weight excluding hydrogens is 596 g/mol. The van der Waals surface area contributed by atoms with Gasteiger partial charge in [0.2, 0.25) is 5.78 Å². The molecule has 0 radical (unpaired) electrons. The van der Waals surface area contributed by atoms with Gasteiger partial charge in [-0.05, 0) is 30.0 Å². The minimum Gasteiger partial charge on any atom is -0.484 e. The van der Waals surface area contributed by atoms with Crippen LogP contribution in [0.15, 0.2) is 48.5 Å². The van der Waals surface area contributed by atoms with Crippen LogP contribution in [0.5, 0.6) is 5.75 Å². The normalized spacial score (nSPS) is 14.2. The predicted molar refractivity (Wildman–Crippen MR) is 144 cm³/mol. The molecule has 226 valence electrons. The average Bonchev–Trinajstić information content (AvgIpc) is 2.88. The average molecular weight is 626 g/mol. The SMILES string of the molecule is CC(C)[C@H](C(=O)C(F)(F)C(=O)NCCC(F)(F)F)C(N)[C@H](Cc1ccccc1)NC(=O)COc1ccc(Cl)c(Cl)c1. The molecular formula is C27H30Cl2F5N3O4. The van der Waals surface area contributed by atoms with E-state index >= 15 is 0 Å². The highest BCUT2D eigenvalue weighted by molar-refractivity contribution is 6.42. The number of halogens is 7. The molecule has 0 saturated heterocycles. The van der Waals surface area contributed by atoms with E-state index in [4.69, 9.17) is 33.7 Å². The van der Waals surface area contributed by atoms with E-state index < -0.39 is 73.2 Å². The summed E-state index contributed by atoms with van der Waals surface area (Å²) in [7, 11) is 0. The van der Waals surface area contributed by atoms with Gasteiger partial charge in [-0.1, -0.05) is 67.4 Å². The summed E-state index contributed by atoms with van der Waals surface area (Å²) in [5.74, 6) is -11.7. The Bertz CT molecular complexity index is 1200. The lowest BCUT2D eigenvalue weighted by Gasteiger charge is -2.34. The van der Waals surface area contributed by atoms with Crippen molar-refractivity contribution in [2.75, 3.05) is 13.2 Å². The number of Topliss-reactive ketones (excluding diaryl/α,β-unsaturated/α-hetero) is 1. The quantitative estimate of drug-likeness (QED) is 0.203. The number of ether oxygens (including phenoxy) is 1. The van der Waals surface area contributed by atoms with Crippen molar-refractivity contribution in [1.29, 1.82) is 0 Å². The van der Waals surface area contributed by atoms with Crippen LogP contribution in [0.2, 0.25) is 10.0 Å². The summed E-state index contributed by atoms with van der Waals surface area (Å²) in [4.78, 5) is 37.8. The number of alkyl halides is 5. The summed E-state index contributed by atoms with van der Waals surface area (Å²) in [6.45, 7) is 1.20. The molecule has 2 amide bonds. The Hall–Kier alpha value is -2.96. The van der Waals surface area contributed by atoms with E-state index in [1.165, 1.54) is 37.4 Å². The molecule has 1 unspecified atom stereocenters. The number of nitrogens with one attached hydrogen (secondary N) is 2. The lowest BCUT2D eigenvalue weighted by Crippen LogP contribution is -2.60. The van der Waals surface area contributed by atoms with Crippen molar-refractivity contribution in [2.45, 2.75) is 50.9 Å². The first-order valence-corrected chi connectivity index (χ1v) is 13.2. The van der Waals surface area contributed by atoms with Gasteiger partial charge in [0.05, 0.1) is 16.5 Å². The highest BCUT2D eigenvalue weighted by Gasteiger charge is 2.53. The summed E-state index contributed by atoms with van der Waals surface area (Å²) in [6, 6.07) is 10.4. The number of carbonyl (C=O) groups excluding carboxylic acids is 3. The topological polar surface area (TPSA) is 111 Å². The van der Waals surface area contributed by atoms with Gasteiger partial charge >= 0.3 is 12.1 Å². The predicted octanol–water partition coefficient (Wildman–Crippen LogP) is 4.97. The second-order valence-electron chi connectivity index (χ2n) is 9.64. The molecule has 0 fully saturated rings. The van der Waals surface area contributed by atoms with Crippen molar-refractivity contribution in [2.24, 2.45) is 17.6 Å². The molecule has 41 heavy (non-hydrogen) atoms. The third-order valence-electron chi connectivity index (χ3n) is 6.09. The number of benzene rings is 2. The van der Waals surface area contributed by atoms with Gasteiger partial charge in [-0.15, -0.1) is 0 Å².